The highest BCUT2D eigenvalue weighted by molar-refractivity contribution is 7.99. The van der Waals surface area contributed by atoms with Crippen LogP contribution in [-0.4, -0.2) is 24.1 Å². The molecule has 1 aromatic carbocycles. The van der Waals surface area contributed by atoms with Crippen LogP contribution in [0.5, 0.6) is 0 Å². The molecule has 2 unspecified atom stereocenters. The Bertz CT molecular complexity index is 475. The summed E-state index contributed by atoms with van der Waals surface area (Å²) in [6, 6.07) is 4.58. The van der Waals surface area contributed by atoms with Crippen LogP contribution in [0.15, 0.2) is 23.1 Å². The number of hydrogen-bond acceptors (Lipinski definition) is 3. The summed E-state index contributed by atoms with van der Waals surface area (Å²) in [5.41, 5.74) is 6.10. The van der Waals surface area contributed by atoms with Gasteiger partial charge < -0.3 is 11.1 Å². The minimum atomic E-state index is -2.44. The van der Waals surface area contributed by atoms with Crippen molar-refractivity contribution in [3.8, 4) is 0 Å². The van der Waals surface area contributed by atoms with E-state index in [-0.39, 0.29) is 36.0 Å². The maximum atomic E-state index is 12.3. The van der Waals surface area contributed by atoms with Crippen LogP contribution in [0.3, 0.4) is 0 Å². The minimum Gasteiger partial charge on any atom is -0.327 e. The molecule has 0 fully saturated rings. The Morgan fingerprint density at radius 2 is 2.05 bits per heavy atom. The number of carbonyl (C=O) groups excluding carboxylic acids is 1. The van der Waals surface area contributed by atoms with Crippen molar-refractivity contribution in [2.45, 2.75) is 31.2 Å². The molecule has 0 radical (unpaired) electrons. The lowest BCUT2D eigenvalue weighted by Gasteiger charge is -2.17. The van der Waals surface area contributed by atoms with Crippen LogP contribution in [-0.2, 0) is 4.79 Å². The van der Waals surface area contributed by atoms with Crippen molar-refractivity contribution in [2.75, 3.05) is 11.1 Å². The van der Waals surface area contributed by atoms with Gasteiger partial charge in [0, 0.05) is 10.9 Å². The molecule has 3 nitrogen and oxygen atoms in total. The van der Waals surface area contributed by atoms with Gasteiger partial charge in [0.05, 0.1) is 22.4 Å². The van der Waals surface area contributed by atoms with Crippen LogP contribution in [0.4, 0.5) is 14.5 Å². The topological polar surface area (TPSA) is 55.1 Å². The van der Waals surface area contributed by atoms with Crippen molar-refractivity contribution in [3.05, 3.63) is 23.2 Å². The molecule has 0 heterocycles. The molecule has 1 rings (SSSR count). The van der Waals surface area contributed by atoms with Crippen molar-refractivity contribution in [3.63, 3.8) is 0 Å². The molecule has 0 spiro atoms. The van der Waals surface area contributed by atoms with Crippen molar-refractivity contribution in [2.24, 2.45) is 11.7 Å². The zero-order valence-corrected chi connectivity index (χ0v) is 14.0. The monoisotopic (exact) mass is 358 g/mol. The Morgan fingerprint density at radius 3 is 2.57 bits per heavy atom. The number of carbonyl (C=O) groups is 1. The molecule has 0 aliphatic heterocycles. The number of halogens is 4. The van der Waals surface area contributed by atoms with Gasteiger partial charge in [-0.15, -0.1) is 24.2 Å². The average Bonchev–Trinajstić information content (AvgIpc) is 2.36. The quantitative estimate of drug-likeness (QED) is 0.754. The van der Waals surface area contributed by atoms with E-state index in [4.69, 9.17) is 17.3 Å². The Kier molecular flexibility index (Phi) is 9.20. The molecule has 0 aliphatic carbocycles. The molecule has 8 heteroatoms. The van der Waals surface area contributed by atoms with Crippen LogP contribution in [0.1, 0.15) is 13.8 Å². The highest BCUT2D eigenvalue weighted by atomic mass is 35.5. The van der Waals surface area contributed by atoms with Gasteiger partial charge in [0.15, 0.2) is 0 Å². The van der Waals surface area contributed by atoms with Gasteiger partial charge >= 0.3 is 0 Å². The van der Waals surface area contributed by atoms with Gasteiger partial charge in [-0.3, -0.25) is 4.79 Å². The van der Waals surface area contributed by atoms with Gasteiger partial charge in [-0.25, -0.2) is 8.78 Å². The van der Waals surface area contributed by atoms with Crippen molar-refractivity contribution < 1.29 is 13.6 Å². The van der Waals surface area contributed by atoms with Gasteiger partial charge in [-0.1, -0.05) is 24.6 Å². The minimum absolute atomic E-state index is 0. The van der Waals surface area contributed by atoms with Crippen LogP contribution < -0.4 is 11.1 Å². The number of rotatable bonds is 6. The summed E-state index contributed by atoms with van der Waals surface area (Å²) in [7, 11) is 0. The Hall–Kier alpha value is -0.560. The summed E-state index contributed by atoms with van der Waals surface area (Å²) in [5, 5.41) is 3.02. The lowest BCUT2D eigenvalue weighted by molar-refractivity contribution is -0.119. The predicted molar refractivity (Wildman–Crippen MR) is 86.9 cm³/mol. The molecule has 21 heavy (non-hydrogen) atoms. The summed E-state index contributed by atoms with van der Waals surface area (Å²) in [4.78, 5) is 12.4. The highest BCUT2D eigenvalue weighted by Gasteiger charge is 2.19. The zero-order valence-electron chi connectivity index (χ0n) is 11.6. The molecule has 2 atom stereocenters. The second-order valence-electron chi connectivity index (χ2n) is 4.46. The summed E-state index contributed by atoms with van der Waals surface area (Å²) >= 11 is 6.91. The second kappa shape index (κ2) is 9.46. The number of nitrogens with two attached hydrogens (primary N) is 1. The third-order valence-electron chi connectivity index (χ3n) is 2.78. The first kappa shape index (κ1) is 20.4. The molecule has 0 aromatic heterocycles. The van der Waals surface area contributed by atoms with E-state index in [1.807, 2.05) is 0 Å². The summed E-state index contributed by atoms with van der Waals surface area (Å²) < 4.78 is 24.6. The van der Waals surface area contributed by atoms with Crippen LogP contribution in [0.2, 0.25) is 5.02 Å². The molecular formula is C13H18Cl2F2N2OS. The van der Waals surface area contributed by atoms with E-state index in [9.17, 15) is 13.6 Å². The molecule has 0 bridgehead atoms. The zero-order chi connectivity index (χ0) is 15.3. The number of anilines is 1. The van der Waals surface area contributed by atoms with Crippen molar-refractivity contribution in [1.82, 2.24) is 0 Å². The third-order valence-corrected chi connectivity index (χ3v) is 4.35. The molecule has 1 aromatic rings. The fourth-order valence-electron chi connectivity index (χ4n) is 1.39. The molecule has 0 aliphatic rings. The van der Waals surface area contributed by atoms with Gasteiger partial charge in [-0.05, 0) is 19.1 Å². The predicted octanol–water partition coefficient (Wildman–Crippen LogP) is 4.04. The first-order chi connectivity index (χ1) is 9.32. The standard InChI is InChI=1S/C13H17ClF2N2OS.ClH/c1-7(8(2)17)13(19)18-10-5-3-4-9(14)12(10)20-6-11(15)16;/h3-5,7-8,11H,6,17H2,1-2H3,(H,18,19);1H. The van der Waals surface area contributed by atoms with E-state index in [1.165, 1.54) is 0 Å². The molecule has 0 saturated heterocycles. The largest absolute Gasteiger partial charge is 0.327 e. The van der Waals surface area contributed by atoms with E-state index >= 15 is 0 Å². The normalized spacial score (nSPS) is 13.5. The SMILES string of the molecule is CC(N)C(C)C(=O)Nc1cccc(Cl)c1SCC(F)F.Cl. The maximum Gasteiger partial charge on any atom is 0.247 e. The average molecular weight is 359 g/mol. The number of alkyl halides is 2. The number of benzene rings is 1. The van der Waals surface area contributed by atoms with E-state index in [0.717, 1.165) is 11.8 Å². The highest BCUT2D eigenvalue weighted by Crippen LogP contribution is 2.35. The van der Waals surface area contributed by atoms with E-state index in [1.54, 1.807) is 32.0 Å². The fourth-order valence-corrected chi connectivity index (χ4v) is 2.50. The fraction of sp³-hybridized carbons (Fsp3) is 0.462. The molecule has 1 amide bonds. The van der Waals surface area contributed by atoms with Gasteiger partial charge in [0.25, 0.3) is 0 Å². The first-order valence-electron chi connectivity index (χ1n) is 6.08. The summed E-state index contributed by atoms with van der Waals surface area (Å²) in [5.74, 6) is -1.03. The van der Waals surface area contributed by atoms with Gasteiger partial charge in [-0.2, -0.15) is 0 Å². The second-order valence-corrected chi connectivity index (χ2v) is 5.89. The lowest BCUT2D eigenvalue weighted by Crippen LogP contribution is -2.34. The first-order valence-corrected chi connectivity index (χ1v) is 7.45. The van der Waals surface area contributed by atoms with Crippen molar-refractivity contribution >= 4 is 47.4 Å². The molecular weight excluding hydrogens is 341 g/mol. The van der Waals surface area contributed by atoms with Crippen LogP contribution in [0, 0.1) is 5.92 Å². The number of thioether (sulfide) groups is 1. The molecule has 3 N–H and O–H groups in total. The third kappa shape index (κ3) is 6.38. The molecule has 120 valence electrons. The van der Waals surface area contributed by atoms with Gasteiger partial charge in [0.1, 0.15) is 0 Å². The lowest BCUT2D eigenvalue weighted by atomic mass is 10.0. The summed E-state index contributed by atoms with van der Waals surface area (Å²) in [6.45, 7) is 3.44. The Morgan fingerprint density at radius 1 is 1.43 bits per heavy atom. The van der Waals surface area contributed by atoms with E-state index < -0.39 is 6.43 Å². The Balaban J connectivity index is 0.00000400. The van der Waals surface area contributed by atoms with Crippen LogP contribution in [0.25, 0.3) is 0 Å². The van der Waals surface area contributed by atoms with E-state index in [0.29, 0.717) is 15.6 Å². The number of amides is 1. The maximum absolute atomic E-state index is 12.3. The van der Waals surface area contributed by atoms with E-state index in [2.05, 4.69) is 5.32 Å². The number of nitrogens with one attached hydrogen (secondary N) is 1. The van der Waals surface area contributed by atoms with Crippen LogP contribution >= 0.6 is 35.8 Å². The van der Waals surface area contributed by atoms with Gasteiger partial charge in [0.2, 0.25) is 12.3 Å². The molecule has 0 saturated carbocycles. The van der Waals surface area contributed by atoms with Crippen molar-refractivity contribution in [1.29, 1.82) is 0 Å². The Labute approximate surface area is 138 Å². The smallest absolute Gasteiger partial charge is 0.247 e. The number of hydrogen-bond donors (Lipinski definition) is 2. The summed E-state index contributed by atoms with van der Waals surface area (Å²) in [6.07, 6.45) is -2.44.